The lowest BCUT2D eigenvalue weighted by molar-refractivity contribution is -0.126. The van der Waals surface area contributed by atoms with Crippen molar-refractivity contribution in [2.45, 2.75) is 13.8 Å². The van der Waals surface area contributed by atoms with Gasteiger partial charge in [0.2, 0.25) is 5.91 Å². The molecule has 6 nitrogen and oxygen atoms in total. The molecule has 4 aromatic rings. The fraction of sp³-hybridized carbons (Fsp3) is 0.258. The number of hydrogen-bond acceptors (Lipinski definition) is 5. The van der Waals surface area contributed by atoms with Crippen molar-refractivity contribution < 1.29 is 18.7 Å². The number of fused-ring (bicyclic) bond motifs is 1. The standard InChI is InChI=1S/C31H32N2O4/c1-21(18-29(34)33-16-14-32(15-17-33)23-10-6-5-7-11-23)25-19-26-27(24-12-8-9-13-28(24)35-3)20-37-31(26)22(2)30(25)36-4/h5-13,18-20H,14-17H2,1-4H3/b21-18+. The molecule has 0 radical (unpaired) electrons. The van der Waals surface area contributed by atoms with Crippen LogP contribution >= 0.6 is 0 Å². The Morgan fingerprint density at radius 1 is 0.919 bits per heavy atom. The molecule has 1 aliphatic heterocycles. The summed E-state index contributed by atoms with van der Waals surface area (Å²) < 4.78 is 17.4. The van der Waals surface area contributed by atoms with E-state index in [1.54, 1.807) is 26.6 Å². The van der Waals surface area contributed by atoms with Gasteiger partial charge in [0.15, 0.2) is 0 Å². The molecule has 3 aromatic carbocycles. The predicted molar refractivity (Wildman–Crippen MR) is 148 cm³/mol. The van der Waals surface area contributed by atoms with Crippen LogP contribution in [-0.4, -0.2) is 51.2 Å². The van der Waals surface area contributed by atoms with Gasteiger partial charge in [0.05, 0.1) is 20.5 Å². The molecule has 0 unspecified atom stereocenters. The first-order valence-electron chi connectivity index (χ1n) is 12.5. The van der Waals surface area contributed by atoms with Gasteiger partial charge in [-0.1, -0.05) is 36.4 Å². The highest BCUT2D eigenvalue weighted by atomic mass is 16.5. The zero-order valence-corrected chi connectivity index (χ0v) is 21.8. The van der Waals surface area contributed by atoms with Gasteiger partial charge in [0.1, 0.15) is 17.1 Å². The second-order valence-electron chi connectivity index (χ2n) is 9.28. The largest absolute Gasteiger partial charge is 0.496 e. The molecule has 0 saturated carbocycles. The maximum atomic E-state index is 13.3. The summed E-state index contributed by atoms with van der Waals surface area (Å²) in [5.41, 5.74) is 6.47. The van der Waals surface area contributed by atoms with Crippen molar-refractivity contribution in [1.29, 1.82) is 0 Å². The lowest BCUT2D eigenvalue weighted by Crippen LogP contribution is -2.48. The van der Waals surface area contributed by atoms with Crippen LogP contribution in [0.1, 0.15) is 18.1 Å². The zero-order valence-electron chi connectivity index (χ0n) is 21.8. The van der Waals surface area contributed by atoms with E-state index in [1.165, 1.54) is 5.69 Å². The molecule has 0 bridgehead atoms. The number of carbonyl (C=O) groups excluding carboxylic acids is 1. The molecule has 0 spiro atoms. The first kappa shape index (κ1) is 24.5. The molecule has 0 atom stereocenters. The van der Waals surface area contributed by atoms with Gasteiger partial charge in [-0.2, -0.15) is 0 Å². The molecule has 190 valence electrons. The molecule has 1 saturated heterocycles. The first-order valence-corrected chi connectivity index (χ1v) is 12.5. The predicted octanol–water partition coefficient (Wildman–Crippen LogP) is 6.18. The van der Waals surface area contributed by atoms with Crippen LogP contribution in [0.3, 0.4) is 0 Å². The lowest BCUT2D eigenvalue weighted by Gasteiger charge is -2.35. The Labute approximate surface area is 217 Å². The summed E-state index contributed by atoms with van der Waals surface area (Å²) in [5.74, 6) is 1.50. The van der Waals surface area contributed by atoms with E-state index in [4.69, 9.17) is 13.9 Å². The summed E-state index contributed by atoms with van der Waals surface area (Å²) in [6.07, 6.45) is 3.49. The normalized spacial score (nSPS) is 14.2. The summed E-state index contributed by atoms with van der Waals surface area (Å²) >= 11 is 0. The molecule has 37 heavy (non-hydrogen) atoms. The van der Waals surface area contributed by atoms with E-state index in [0.29, 0.717) is 18.8 Å². The summed E-state index contributed by atoms with van der Waals surface area (Å²) in [6, 6.07) is 20.3. The van der Waals surface area contributed by atoms with Gasteiger partial charge in [-0.15, -0.1) is 0 Å². The van der Waals surface area contributed by atoms with Crippen LogP contribution in [-0.2, 0) is 4.79 Å². The van der Waals surface area contributed by atoms with Gasteiger partial charge in [0.25, 0.3) is 0 Å². The monoisotopic (exact) mass is 496 g/mol. The summed E-state index contributed by atoms with van der Waals surface area (Å²) in [4.78, 5) is 17.5. The van der Waals surface area contributed by atoms with E-state index in [9.17, 15) is 4.79 Å². The number of nitrogens with zero attached hydrogens (tertiary/aromatic N) is 2. The average molecular weight is 497 g/mol. The van der Waals surface area contributed by atoms with Crippen LogP contribution in [0.15, 0.2) is 77.4 Å². The minimum atomic E-state index is 0.0159. The van der Waals surface area contributed by atoms with E-state index < -0.39 is 0 Å². The molecule has 5 rings (SSSR count). The van der Waals surface area contributed by atoms with Crippen LogP contribution in [0.25, 0.3) is 27.7 Å². The van der Waals surface area contributed by atoms with E-state index in [-0.39, 0.29) is 5.91 Å². The Bertz CT molecular complexity index is 1450. The number of aryl methyl sites for hydroxylation is 1. The zero-order chi connectivity index (χ0) is 25.9. The van der Waals surface area contributed by atoms with Gasteiger partial charge in [-0.05, 0) is 43.7 Å². The topological polar surface area (TPSA) is 55.2 Å². The second kappa shape index (κ2) is 10.4. The van der Waals surface area contributed by atoms with E-state index >= 15 is 0 Å². The molecule has 0 N–H and O–H groups in total. The van der Waals surface area contributed by atoms with E-state index in [0.717, 1.165) is 57.6 Å². The Morgan fingerprint density at radius 2 is 1.62 bits per heavy atom. The van der Waals surface area contributed by atoms with Crippen LogP contribution in [0.5, 0.6) is 11.5 Å². The smallest absolute Gasteiger partial charge is 0.246 e. The first-order chi connectivity index (χ1) is 18.0. The molecule has 1 amide bonds. The Morgan fingerprint density at radius 3 is 2.32 bits per heavy atom. The second-order valence-corrected chi connectivity index (χ2v) is 9.28. The highest BCUT2D eigenvalue weighted by Gasteiger charge is 2.23. The van der Waals surface area contributed by atoms with Gasteiger partial charge >= 0.3 is 0 Å². The number of benzene rings is 3. The molecule has 1 fully saturated rings. The minimum Gasteiger partial charge on any atom is -0.496 e. The van der Waals surface area contributed by atoms with E-state index in [1.807, 2.05) is 61.2 Å². The molecule has 1 aliphatic rings. The van der Waals surface area contributed by atoms with Gasteiger partial charge in [0, 0.05) is 65.6 Å². The Kier molecular flexibility index (Phi) is 6.91. The Balaban J connectivity index is 1.45. The number of rotatable bonds is 6. The van der Waals surface area contributed by atoms with Crippen LogP contribution in [0, 0.1) is 6.92 Å². The van der Waals surface area contributed by atoms with Crippen LogP contribution in [0.2, 0.25) is 0 Å². The third-order valence-electron chi connectivity index (χ3n) is 7.12. The van der Waals surface area contributed by atoms with Crippen LogP contribution < -0.4 is 14.4 Å². The number of amides is 1. The summed E-state index contributed by atoms with van der Waals surface area (Å²) in [6.45, 7) is 6.95. The lowest BCUT2D eigenvalue weighted by atomic mass is 9.96. The number of allylic oxidation sites excluding steroid dienone is 1. The van der Waals surface area contributed by atoms with Crippen LogP contribution in [0.4, 0.5) is 5.69 Å². The summed E-state index contributed by atoms with van der Waals surface area (Å²) in [7, 11) is 3.32. The molecule has 6 heteroatoms. The van der Waals surface area contributed by atoms with Crippen molar-refractivity contribution >= 4 is 28.1 Å². The van der Waals surface area contributed by atoms with Gasteiger partial charge in [-0.25, -0.2) is 0 Å². The highest BCUT2D eigenvalue weighted by molar-refractivity contribution is 6.02. The van der Waals surface area contributed by atoms with Gasteiger partial charge < -0.3 is 23.7 Å². The van der Waals surface area contributed by atoms with Crippen molar-refractivity contribution in [2.75, 3.05) is 45.3 Å². The third-order valence-corrected chi connectivity index (χ3v) is 7.12. The third kappa shape index (κ3) is 4.67. The molecular formula is C31H32N2O4. The number of para-hydroxylation sites is 2. The number of carbonyl (C=O) groups is 1. The number of anilines is 1. The number of hydrogen-bond donors (Lipinski definition) is 0. The molecule has 1 aromatic heterocycles. The fourth-order valence-electron chi connectivity index (χ4n) is 5.13. The van der Waals surface area contributed by atoms with Gasteiger partial charge in [-0.3, -0.25) is 4.79 Å². The maximum Gasteiger partial charge on any atom is 0.246 e. The SMILES string of the molecule is COc1ccccc1-c1coc2c(C)c(OC)c(/C(C)=C/C(=O)N3CCN(c4ccccc4)CC3)cc12. The van der Waals surface area contributed by atoms with Crippen molar-refractivity contribution in [3.05, 3.63) is 84.1 Å². The molecular weight excluding hydrogens is 464 g/mol. The number of furan rings is 1. The highest BCUT2D eigenvalue weighted by Crippen LogP contribution is 2.42. The quantitative estimate of drug-likeness (QED) is 0.299. The maximum absolute atomic E-state index is 13.3. The number of methoxy groups -OCH3 is 2. The van der Waals surface area contributed by atoms with Crippen molar-refractivity contribution in [1.82, 2.24) is 4.90 Å². The fourth-order valence-corrected chi connectivity index (χ4v) is 5.13. The number of ether oxygens (including phenoxy) is 2. The summed E-state index contributed by atoms with van der Waals surface area (Å²) in [5, 5.41) is 0.953. The van der Waals surface area contributed by atoms with Crippen molar-refractivity contribution in [2.24, 2.45) is 0 Å². The van der Waals surface area contributed by atoms with E-state index in [2.05, 4.69) is 23.1 Å². The minimum absolute atomic E-state index is 0.0159. The van der Waals surface area contributed by atoms with Crippen molar-refractivity contribution in [3.8, 4) is 22.6 Å². The molecule has 0 aliphatic carbocycles. The Hall–Kier alpha value is -4.19. The molecule has 2 heterocycles. The van der Waals surface area contributed by atoms with Crippen molar-refractivity contribution in [3.63, 3.8) is 0 Å². The number of piperazine rings is 1. The average Bonchev–Trinajstić information content (AvgIpc) is 3.37.